The molecule has 12 heteroatoms. The van der Waals surface area contributed by atoms with E-state index in [2.05, 4.69) is 28.8 Å². The minimum Gasteiger partial charge on any atom is -0.493 e. The van der Waals surface area contributed by atoms with E-state index in [1.165, 1.54) is 6.33 Å². The second-order valence-electron chi connectivity index (χ2n) is 13.1. The third-order valence-corrected chi connectivity index (χ3v) is 7.12. The van der Waals surface area contributed by atoms with Crippen LogP contribution in [0.15, 0.2) is 30.9 Å². The molecule has 4 aromatic rings. The summed E-state index contributed by atoms with van der Waals surface area (Å²) in [4.78, 5) is 39.4. The molecule has 1 aliphatic heterocycles. The van der Waals surface area contributed by atoms with Crippen molar-refractivity contribution in [3.05, 3.63) is 36.4 Å². The van der Waals surface area contributed by atoms with Crippen molar-refractivity contribution in [3.63, 3.8) is 0 Å². The van der Waals surface area contributed by atoms with Crippen molar-refractivity contribution in [2.24, 2.45) is 0 Å². The maximum Gasteiger partial charge on any atom is 0.419 e. The van der Waals surface area contributed by atoms with E-state index in [1.807, 2.05) is 59.9 Å². The zero-order valence-corrected chi connectivity index (χ0v) is 26.5. The average molecular weight is 592 g/mol. The molecule has 0 N–H and O–H groups in total. The molecule has 5 heterocycles. The van der Waals surface area contributed by atoms with E-state index in [-0.39, 0.29) is 12.0 Å². The van der Waals surface area contributed by atoms with Crippen molar-refractivity contribution in [1.29, 1.82) is 0 Å². The summed E-state index contributed by atoms with van der Waals surface area (Å²) in [6, 6.07) is 3.90. The second kappa shape index (κ2) is 11.1. The fourth-order valence-corrected chi connectivity index (χ4v) is 5.36. The van der Waals surface area contributed by atoms with E-state index in [0.29, 0.717) is 48.8 Å². The van der Waals surface area contributed by atoms with Crippen LogP contribution in [0.3, 0.4) is 0 Å². The van der Waals surface area contributed by atoms with Crippen LogP contribution in [-0.2, 0) is 9.47 Å². The number of aromatic nitrogens is 5. The summed E-state index contributed by atoms with van der Waals surface area (Å²) >= 11 is 0. The number of piperazine rings is 1. The van der Waals surface area contributed by atoms with Gasteiger partial charge in [0.25, 0.3) is 0 Å². The maximum absolute atomic E-state index is 13.8. The predicted octanol–water partition coefficient (Wildman–Crippen LogP) is 5.72. The highest BCUT2D eigenvalue weighted by Gasteiger charge is 2.31. The van der Waals surface area contributed by atoms with Crippen LogP contribution in [0.25, 0.3) is 27.8 Å². The molecule has 0 aliphatic carbocycles. The third-order valence-electron chi connectivity index (χ3n) is 7.12. The second-order valence-corrected chi connectivity index (χ2v) is 13.1. The largest absolute Gasteiger partial charge is 0.493 e. The molecular weight excluding hydrogens is 550 g/mol. The van der Waals surface area contributed by atoms with Crippen molar-refractivity contribution >= 4 is 34.6 Å². The lowest BCUT2D eigenvalue weighted by atomic mass is 9.97. The number of anilines is 1. The topological polar surface area (TPSA) is 116 Å². The maximum atomic E-state index is 13.8. The highest BCUT2D eigenvalue weighted by Crippen LogP contribution is 2.41. The minimum absolute atomic E-state index is 0.0397. The lowest BCUT2D eigenvalue weighted by Gasteiger charge is -2.36. The van der Waals surface area contributed by atoms with Crippen LogP contribution >= 0.6 is 0 Å². The van der Waals surface area contributed by atoms with Crippen molar-refractivity contribution < 1.29 is 23.8 Å². The lowest BCUT2D eigenvalue weighted by Crippen LogP contribution is -2.50. The predicted molar refractivity (Wildman–Crippen MR) is 164 cm³/mol. The number of hydrogen-bond acceptors (Lipinski definition) is 9. The molecule has 1 amide bonds. The van der Waals surface area contributed by atoms with Gasteiger partial charge in [0.15, 0.2) is 11.4 Å². The molecule has 1 saturated heterocycles. The summed E-state index contributed by atoms with van der Waals surface area (Å²) in [6.07, 6.45) is 4.23. The molecule has 0 spiro atoms. The van der Waals surface area contributed by atoms with Crippen molar-refractivity contribution in [2.45, 2.75) is 72.5 Å². The van der Waals surface area contributed by atoms with E-state index in [9.17, 15) is 9.59 Å². The number of nitrogens with zero attached hydrogens (tertiary/aromatic N) is 7. The van der Waals surface area contributed by atoms with Gasteiger partial charge in [0.1, 0.15) is 23.3 Å². The van der Waals surface area contributed by atoms with Crippen LogP contribution in [0.2, 0.25) is 0 Å². The van der Waals surface area contributed by atoms with E-state index in [1.54, 1.807) is 27.3 Å². The molecule has 12 nitrogen and oxygen atoms in total. The van der Waals surface area contributed by atoms with E-state index >= 15 is 0 Å². The van der Waals surface area contributed by atoms with Gasteiger partial charge in [-0.3, -0.25) is 0 Å². The van der Waals surface area contributed by atoms with Crippen LogP contribution in [0.5, 0.6) is 5.75 Å². The normalized spacial score (nSPS) is 14.6. The first-order chi connectivity index (χ1) is 20.2. The Morgan fingerprint density at radius 1 is 0.907 bits per heavy atom. The first-order valence-corrected chi connectivity index (χ1v) is 14.5. The molecule has 0 unspecified atom stereocenters. The first kappa shape index (κ1) is 30.1. The van der Waals surface area contributed by atoms with Gasteiger partial charge in [-0.2, -0.15) is 5.10 Å². The summed E-state index contributed by atoms with van der Waals surface area (Å²) in [5.74, 6) is 1.35. The van der Waals surface area contributed by atoms with Crippen molar-refractivity contribution in [2.75, 3.05) is 38.2 Å². The van der Waals surface area contributed by atoms with Crippen LogP contribution in [0, 0.1) is 0 Å². The van der Waals surface area contributed by atoms with Gasteiger partial charge in [-0.05, 0) is 65.2 Å². The number of fused-ring (bicyclic) bond motifs is 2. The Bertz CT molecular complexity index is 1670. The van der Waals surface area contributed by atoms with Crippen molar-refractivity contribution in [1.82, 2.24) is 29.0 Å². The van der Waals surface area contributed by atoms with Gasteiger partial charge in [0, 0.05) is 43.3 Å². The molecule has 0 aromatic carbocycles. The van der Waals surface area contributed by atoms with Gasteiger partial charge in [-0.25, -0.2) is 28.6 Å². The molecule has 0 bridgehead atoms. The number of amides is 1. The van der Waals surface area contributed by atoms with Crippen LogP contribution in [0.1, 0.15) is 66.9 Å². The van der Waals surface area contributed by atoms with Crippen LogP contribution in [0.4, 0.5) is 15.4 Å². The molecule has 4 aromatic heterocycles. The van der Waals surface area contributed by atoms with Gasteiger partial charge in [0.2, 0.25) is 0 Å². The van der Waals surface area contributed by atoms with E-state index in [4.69, 9.17) is 19.2 Å². The number of carbonyl (C=O) groups excluding carboxylic acids is 2. The highest BCUT2D eigenvalue weighted by molar-refractivity contribution is 6.00. The van der Waals surface area contributed by atoms with Crippen molar-refractivity contribution in [3.8, 4) is 17.0 Å². The Kier molecular flexibility index (Phi) is 7.74. The van der Waals surface area contributed by atoms with Crippen LogP contribution < -0.4 is 9.64 Å². The fourth-order valence-electron chi connectivity index (χ4n) is 5.36. The number of carbonyl (C=O) groups is 2. The summed E-state index contributed by atoms with van der Waals surface area (Å²) in [5.41, 5.74) is 2.34. The molecule has 230 valence electrons. The molecule has 0 radical (unpaired) electrons. The van der Waals surface area contributed by atoms with Gasteiger partial charge >= 0.3 is 12.2 Å². The first-order valence-electron chi connectivity index (χ1n) is 14.5. The smallest absolute Gasteiger partial charge is 0.419 e. The highest BCUT2D eigenvalue weighted by atomic mass is 16.6. The van der Waals surface area contributed by atoms with Crippen LogP contribution in [-0.4, -0.2) is 85.7 Å². The van der Waals surface area contributed by atoms with E-state index < -0.39 is 17.3 Å². The number of methoxy groups -OCH3 is 1. The molecule has 5 rings (SSSR count). The van der Waals surface area contributed by atoms with Gasteiger partial charge in [-0.15, -0.1) is 0 Å². The SMILES string of the molecule is COc1cc(-c2c(C(C)C)c3cc(N4CCN(C(=O)OC(C)(C)C)CC4)ncc3n2C(=O)OC(C)(C)C)cn2ncnc12. The monoisotopic (exact) mass is 591 g/mol. The average Bonchev–Trinajstić information content (AvgIpc) is 3.53. The van der Waals surface area contributed by atoms with Gasteiger partial charge in [-0.1, -0.05) is 13.8 Å². The fraction of sp³-hybridized carbons (Fsp3) is 0.516. The zero-order valence-electron chi connectivity index (χ0n) is 26.5. The Hall–Kier alpha value is -4.35. The minimum atomic E-state index is -0.711. The number of ether oxygens (including phenoxy) is 3. The summed E-state index contributed by atoms with van der Waals surface area (Å²) in [7, 11) is 1.58. The number of pyridine rings is 2. The quantitative estimate of drug-likeness (QED) is 0.294. The summed E-state index contributed by atoms with van der Waals surface area (Å²) in [6.45, 7) is 17.6. The Morgan fingerprint density at radius 2 is 1.56 bits per heavy atom. The number of hydrogen-bond donors (Lipinski definition) is 0. The molecule has 1 fully saturated rings. The molecule has 0 saturated carbocycles. The Balaban J connectivity index is 1.61. The Labute approximate surface area is 251 Å². The Morgan fingerprint density at radius 3 is 2.16 bits per heavy atom. The standard InChI is InChI=1S/C31H41N7O5/c1-19(2)25-21-15-24(35-10-12-36(13-11-35)28(39)42-30(3,4)5)32-16-22(21)38(29(40)43-31(6,7)8)26(25)20-14-23(41-9)27-33-18-34-37(27)17-20/h14-19H,10-13H2,1-9H3. The lowest BCUT2D eigenvalue weighted by molar-refractivity contribution is 0.0240. The van der Waals surface area contributed by atoms with Gasteiger partial charge in [0.05, 0.1) is 24.5 Å². The molecule has 1 aliphatic rings. The number of rotatable bonds is 4. The zero-order chi connectivity index (χ0) is 31.3. The third kappa shape index (κ3) is 6.09. The van der Waals surface area contributed by atoms with Gasteiger partial charge < -0.3 is 24.0 Å². The summed E-state index contributed by atoms with van der Waals surface area (Å²) in [5, 5.41) is 5.23. The molecular formula is C31H41N7O5. The summed E-state index contributed by atoms with van der Waals surface area (Å²) < 4.78 is 20.4. The molecule has 43 heavy (non-hydrogen) atoms. The molecule has 0 atom stereocenters. The van der Waals surface area contributed by atoms with E-state index in [0.717, 1.165) is 22.3 Å².